The highest BCUT2D eigenvalue weighted by molar-refractivity contribution is 7.86. The Morgan fingerprint density at radius 3 is 2.00 bits per heavy atom. The molecule has 0 saturated carbocycles. The molecule has 2 aromatic rings. The molecular weight excluding hydrogens is 332 g/mol. The Labute approximate surface area is 151 Å². The molecule has 2 aromatic carbocycles. The summed E-state index contributed by atoms with van der Waals surface area (Å²) in [7, 11) is -3.42. The Kier molecular flexibility index (Phi) is 5.00. The van der Waals surface area contributed by atoms with E-state index in [9.17, 15) is 8.42 Å². The molecule has 4 nitrogen and oxygen atoms in total. The molecule has 1 aliphatic heterocycles. The maximum Gasteiger partial charge on any atom is 0.282 e. The summed E-state index contributed by atoms with van der Waals surface area (Å²) >= 11 is 0. The summed E-state index contributed by atoms with van der Waals surface area (Å²) in [6.07, 6.45) is 0. The summed E-state index contributed by atoms with van der Waals surface area (Å²) in [4.78, 5) is 0. The number of aryl methyl sites for hydroxylation is 4. The second kappa shape index (κ2) is 6.90. The van der Waals surface area contributed by atoms with Crippen molar-refractivity contribution in [3.63, 3.8) is 0 Å². The van der Waals surface area contributed by atoms with Gasteiger partial charge in [0.05, 0.1) is 0 Å². The summed E-state index contributed by atoms with van der Waals surface area (Å²) in [5.74, 6) is 0. The predicted octanol–water partition coefficient (Wildman–Crippen LogP) is 3.48. The van der Waals surface area contributed by atoms with Crippen LogP contribution < -0.4 is 0 Å². The molecule has 0 aliphatic carbocycles. The fraction of sp³-hybridized carbons (Fsp3) is 0.400. The van der Waals surface area contributed by atoms with Crippen LogP contribution >= 0.6 is 0 Å². The van der Waals surface area contributed by atoms with Crippen molar-refractivity contribution >= 4 is 10.2 Å². The molecule has 0 radical (unpaired) electrons. The lowest BCUT2D eigenvalue weighted by molar-refractivity contribution is 0.436. The topological polar surface area (TPSA) is 40.6 Å². The standard InChI is InChI=1S/C20H26N2O2S/c1-15-11-17(3)20(18(4)12-15)14-22-10-9-21(25(22,23)24)13-19-8-6-5-7-16(19)2/h5-8,11-12H,9-10,13-14H2,1-4H3. The number of hydrogen-bond acceptors (Lipinski definition) is 2. The summed E-state index contributed by atoms with van der Waals surface area (Å²) in [6, 6.07) is 12.2. The Morgan fingerprint density at radius 1 is 0.840 bits per heavy atom. The van der Waals surface area contributed by atoms with E-state index in [0.717, 1.165) is 27.8 Å². The number of nitrogens with zero attached hydrogens (tertiary/aromatic N) is 2. The fourth-order valence-corrected chi connectivity index (χ4v) is 5.10. The highest BCUT2D eigenvalue weighted by Crippen LogP contribution is 2.25. The largest absolute Gasteiger partial charge is 0.282 e. The minimum absolute atomic E-state index is 0.442. The zero-order valence-corrected chi connectivity index (χ0v) is 16.2. The number of benzene rings is 2. The maximum absolute atomic E-state index is 13.0. The molecular formula is C20H26N2O2S. The van der Waals surface area contributed by atoms with Crippen LogP contribution in [-0.2, 0) is 23.3 Å². The molecule has 0 aromatic heterocycles. The van der Waals surface area contributed by atoms with Gasteiger partial charge in [0.15, 0.2) is 0 Å². The summed E-state index contributed by atoms with van der Waals surface area (Å²) in [5.41, 5.74) is 6.84. The van der Waals surface area contributed by atoms with Gasteiger partial charge in [-0.3, -0.25) is 0 Å². The second-order valence-corrected chi connectivity index (χ2v) is 8.91. The molecule has 25 heavy (non-hydrogen) atoms. The van der Waals surface area contributed by atoms with Crippen molar-refractivity contribution in [2.24, 2.45) is 0 Å². The van der Waals surface area contributed by atoms with Crippen LogP contribution in [-0.4, -0.2) is 30.1 Å². The fourth-order valence-electron chi connectivity index (χ4n) is 3.55. The van der Waals surface area contributed by atoms with Crippen molar-refractivity contribution in [1.82, 2.24) is 8.61 Å². The summed E-state index contributed by atoms with van der Waals surface area (Å²) < 4.78 is 29.1. The van der Waals surface area contributed by atoms with Gasteiger partial charge in [-0.1, -0.05) is 42.0 Å². The van der Waals surface area contributed by atoms with E-state index in [0.29, 0.717) is 26.2 Å². The lowest BCUT2D eigenvalue weighted by Crippen LogP contribution is -2.33. The van der Waals surface area contributed by atoms with Crippen LogP contribution in [0, 0.1) is 27.7 Å². The monoisotopic (exact) mass is 358 g/mol. The van der Waals surface area contributed by atoms with Crippen molar-refractivity contribution in [2.45, 2.75) is 40.8 Å². The van der Waals surface area contributed by atoms with Gasteiger partial charge in [-0.25, -0.2) is 0 Å². The van der Waals surface area contributed by atoms with Gasteiger partial charge in [-0.05, 0) is 55.5 Å². The van der Waals surface area contributed by atoms with Crippen LogP contribution in [0.3, 0.4) is 0 Å². The normalized spacial score (nSPS) is 17.9. The van der Waals surface area contributed by atoms with Crippen molar-refractivity contribution < 1.29 is 8.42 Å². The van der Waals surface area contributed by atoms with Gasteiger partial charge < -0.3 is 0 Å². The molecule has 1 aliphatic rings. The van der Waals surface area contributed by atoms with Gasteiger partial charge in [0.2, 0.25) is 0 Å². The van der Waals surface area contributed by atoms with Gasteiger partial charge in [0.1, 0.15) is 0 Å². The van der Waals surface area contributed by atoms with Crippen LogP contribution in [0.1, 0.15) is 33.4 Å². The average Bonchev–Trinajstić information content (AvgIpc) is 2.80. The number of rotatable bonds is 4. The molecule has 0 amide bonds. The van der Waals surface area contributed by atoms with Gasteiger partial charge in [-0.2, -0.15) is 17.0 Å². The summed E-state index contributed by atoms with van der Waals surface area (Å²) in [6.45, 7) is 10.2. The maximum atomic E-state index is 13.0. The van der Waals surface area contributed by atoms with E-state index in [-0.39, 0.29) is 0 Å². The summed E-state index contributed by atoms with van der Waals surface area (Å²) in [5, 5.41) is 0. The number of hydrogen-bond donors (Lipinski definition) is 0. The lowest BCUT2D eigenvalue weighted by Gasteiger charge is -2.21. The zero-order valence-electron chi connectivity index (χ0n) is 15.4. The van der Waals surface area contributed by atoms with Crippen molar-refractivity contribution in [3.05, 3.63) is 69.8 Å². The third kappa shape index (κ3) is 3.64. The lowest BCUT2D eigenvalue weighted by atomic mass is 10.00. The van der Waals surface area contributed by atoms with Crippen molar-refractivity contribution in [3.8, 4) is 0 Å². The molecule has 0 bridgehead atoms. The first kappa shape index (κ1) is 18.1. The Hall–Kier alpha value is -1.69. The van der Waals surface area contributed by atoms with E-state index < -0.39 is 10.2 Å². The van der Waals surface area contributed by atoms with Gasteiger partial charge in [0, 0.05) is 26.2 Å². The molecule has 1 heterocycles. The highest BCUT2D eigenvalue weighted by atomic mass is 32.2. The SMILES string of the molecule is Cc1cc(C)c(CN2CCN(Cc3ccccc3C)S2(=O)=O)c(C)c1. The quantitative estimate of drug-likeness (QED) is 0.839. The van der Waals surface area contributed by atoms with E-state index in [1.165, 1.54) is 5.56 Å². The van der Waals surface area contributed by atoms with E-state index >= 15 is 0 Å². The molecule has 0 spiro atoms. The van der Waals surface area contributed by atoms with Crippen LogP contribution in [0.5, 0.6) is 0 Å². The van der Waals surface area contributed by atoms with Gasteiger partial charge in [0.25, 0.3) is 10.2 Å². The molecule has 0 atom stereocenters. The van der Waals surface area contributed by atoms with Crippen LogP contribution in [0.15, 0.2) is 36.4 Å². The molecule has 0 unspecified atom stereocenters. The third-order valence-corrected chi connectivity index (χ3v) is 6.96. The first-order valence-corrected chi connectivity index (χ1v) is 10.0. The van der Waals surface area contributed by atoms with E-state index in [1.54, 1.807) is 8.61 Å². The Bertz CT molecular complexity index is 867. The Balaban J connectivity index is 1.81. The Morgan fingerprint density at radius 2 is 1.40 bits per heavy atom. The van der Waals surface area contributed by atoms with Crippen molar-refractivity contribution in [2.75, 3.05) is 13.1 Å². The molecule has 0 N–H and O–H groups in total. The van der Waals surface area contributed by atoms with Gasteiger partial charge in [-0.15, -0.1) is 0 Å². The molecule has 134 valence electrons. The van der Waals surface area contributed by atoms with E-state index in [1.807, 2.05) is 31.2 Å². The predicted molar refractivity (Wildman–Crippen MR) is 102 cm³/mol. The smallest absolute Gasteiger partial charge is 0.195 e. The highest BCUT2D eigenvalue weighted by Gasteiger charge is 2.36. The van der Waals surface area contributed by atoms with E-state index in [4.69, 9.17) is 0 Å². The molecule has 1 fully saturated rings. The molecule has 5 heteroatoms. The van der Waals surface area contributed by atoms with Crippen LogP contribution in [0.4, 0.5) is 0 Å². The van der Waals surface area contributed by atoms with Crippen molar-refractivity contribution in [1.29, 1.82) is 0 Å². The van der Waals surface area contributed by atoms with Crippen LogP contribution in [0.25, 0.3) is 0 Å². The molecule has 3 rings (SSSR count). The first-order valence-electron chi connectivity index (χ1n) is 8.65. The van der Waals surface area contributed by atoms with Crippen LogP contribution in [0.2, 0.25) is 0 Å². The first-order chi connectivity index (χ1) is 11.8. The third-order valence-electron chi connectivity index (χ3n) is 5.03. The average molecular weight is 359 g/mol. The second-order valence-electron chi connectivity index (χ2n) is 6.98. The van der Waals surface area contributed by atoms with E-state index in [2.05, 4.69) is 32.9 Å². The van der Waals surface area contributed by atoms with Gasteiger partial charge >= 0.3 is 0 Å². The minimum Gasteiger partial charge on any atom is -0.195 e. The minimum atomic E-state index is -3.42. The zero-order chi connectivity index (χ0) is 18.2. The molecule has 1 saturated heterocycles.